The molecule has 1 aromatic carbocycles. The molecule has 10 heteroatoms. The van der Waals surface area contributed by atoms with Gasteiger partial charge in [-0.1, -0.05) is 18.0 Å². The van der Waals surface area contributed by atoms with Crippen molar-refractivity contribution in [3.05, 3.63) is 63.2 Å². The monoisotopic (exact) mass is 493 g/mol. The zero-order valence-electron chi connectivity index (χ0n) is 19.8. The topological polar surface area (TPSA) is 81.7 Å². The van der Waals surface area contributed by atoms with E-state index in [9.17, 15) is 4.79 Å². The molecular formula is C25H25ClFN7O. The number of fused-ring (bicyclic) bond motifs is 1. The standard InChI is InChI=1S/C25H25ClFN7O/c1-14-28-21-20(16-6-5-15(26)11-18(16)27)29-24(30-22(21)23(35)33(14)3)34-12-17(19-7-10-32(2)31-19)25(13-34)8-4-9-25/h5-7,10-11,17H,4,8-9,12-13H2,1-3H3. The Morgan fingerprint density at radius 2 is 1.91 bits per heavy atom. The minimum atomic E-state index is -0.521. The molecule has 3 aromatic heterocycles. The van der Waals surface area contributed by atoms with Gasteiger partial charge in [0, 0.05) is 49.9 Å². The van der Waals surface area contributed by atoms with E-state index in [2.05, 4.69) is 16.0 Å². The molecule has 1 aliphatic heterocycles. The number of halogens is 2. The fourth-order valence-corrected chi connectivity index (χ4v) is 5.70. The van der Waals surface area contributed by atoms with E-state index in [1.165, 1.54) is 17.1 Å². The van der Waals surface area contributed by atoms with Crippen LogP contribution in [-0.4, -0.2) is 42.4 Å². The van der Waals surface area contributed by atoms with Gasteiger partial charge in [0.25, 0.3) is 5.56 Å². The van der Waals surface area contributed by atoms with Gasteiger partial charge in [0.1, 0.15) is 22.9 Å². The summed E-state index contributed by atoms with van der Waals surface area (Å²) >= 11 is 6.00. The third-order valence-corrected chi connectivity index (χ3v) is 7.93. The molecule has 1 unspecified atom stereocenters. The molecule has 1 aliphatic carbocycles. The van der Waals surface area contributed by atoms with E-state index < -0.39 is 5.82 Å². The predicted octanol–water partition coefficient (Wildman–Crippen LogP) is 4.00. The number of aryl methyl sites for hydroxylation is 2. The van der Waals surface area contributed by atoms with Gasteiger partial charge in [0.15, 0.2) is 5.52 Å². The molecule has 1 saturated carbocycles. The highest BCUT2D eigenvalue weighted by Crippen LogP contribution is 2.55. The summed E-state index contributed by atoms with van der Waals surface area (Å²) in [6, 6.07) is 6.50. The van der Waals surface area contributed by atoms with Crippen molar-refractivity contribution in [3.8, 4) is 11.3 Å². The summed E-state index contributed by atoms with van der Waals surface area (Å²) in [5, 5.41) is 4.98. The highest BCUT2D eigenvalue weighted by atomic mass is 35.5. The van der Waals surface area contributed by atoms with Crippen molar-refractivity contribution < 1.29 is 4.39 Å². The van der Waals surface area contributed by atoms with Crippen molar-refractivity contribution in [1.29, 1.82) is 0 Å². The zero-order valence-corrected chi connectivity index (χ0v) is 20.6. The zero-order chi connectivity index (χ0) is 24.5. The maximum Gasteiger partial charge on any atom is 0.279 e. The molecular weight excluding hydrogens is 469 g/mol. The van der Waals surface area contributed by atoms with E-state index >= 15 is 4.39 Å². The third kappa shape index (κ3) is 3.43. The molecule has 35 heavy (non-hydrogen) atoms. The normalized spacial score (nSPS) is 19.0. The summed E-state index contributed by atoms with van der Waals surface area (Å²) in [4.78, 5) is 29.4. The molecule has 1 atom stereocenters. The van der Waals surface area contributed by atoms with Gasteiger partial charge in [-0.25, -0.2) is 19.3 Å². The molecule has 0 N–H and O–H groups in total. The Balaban J connectivity index is 1.53. The Bertz CT molecular complexity index is 1540. The predicted molar refractivity (Wildman–Crippen MR) is 132 cm³/mol. The maximum atomic E-state index is 15.0. The van der Waals surface area contributed by atoms with Crippen molar-refractivity contribution >= 4 is 28.6 Å². The number of anilines is 1. The Kier molecular flexibility index (Phi) is 4.96. The largest absolute Gasteiger partial charge is 0.340 e. The number of nitrogens with zero attached hydrogens (tertiary/aromatic N) is 7. The van der Waals surface area contributed by atoms with Crippen molar-refractivity contribution in [2.24, 2.45) is 19.5 Å². The lowest BCUT2D eigenvalue weighted by Gasteiger charge is -2.42. The van der Waals surface area contributed by atoms with Crippen molar-refractivity contribution in [3.63, 3.8) is 0 Å². The lowest BCUT2D eigenvalue weighted by atomic mass is 9.62. The average molecular weight is 494 g/mol. The van der Waals surface area contributed by atoms with Gasteiger partial charge in [0.05, 0.1) is 5.69 Å². The molecule has 4 heterocycles. The highest BCUT2D eigenvalue weighted by Gasteiger charge is 2.52. The molecule has 2 aliphatic rings. The Hall–Kier alpha value is -3.33. The van der Waals surface area contributed by atoms with E-state index in [0.717, 1.165) is 25.1 Å². The lowest BCUT2D eigenvalue weighted by Crippen LogP contribution is -2.37. The van der Waals surface area contributed by atoms with Crippen LogP contribution in [0, 0.1) is 18.2 Å². The van der Waals surface area contributed by atoms with Crippen LogP contribution >= 0.6 is 11.6 Å². The molecule has 4 aromatic rings. The Morgan fingerprint density at radius 1 is 1.11 bits per heavy atom. The number of aromatic nitrogens is 6. The van der Waals surface area contributed by atoms with Gasteiger partial charge in [-0.15, -0.1) is 0 Å². The third-order valence-electron chi connectivity index (χ3n) is 7.70. The summed E-state index contributed by atoms with van der Waals surface area (Å²) in [7, 11) is 3.58. The van der Waals surface area contributed by atoms with Crippen molar-refractivity contribution in [1.82, 2.24) is 29.3 Å². The molecule has 1 spiro atoms. The molecule has 6 rings (SSSR count). The van der Waals surface area contributed by atoms with Crippen LogP contribution in [-0.2, 0) is 14.1 Å². The minimum absolute atomic E-state index is 0.106. The first-order valence-corrected chi connectivity index (χ1v) is 12.1. The minimum Gasteiger partial charge on any atom is -0.340 e. The van der Waals surface area contributed by atoms with E-state index in [0.29, 0.717) is 24.0 Å². The summed E-state index contributed by atoms with van der Waals surface area (Å²) in [6.07, 6.45) is 5.37. The SMILES string of the molecule is Cc1nc2c(-c3ccc(Cl)cc3F)nc(N3CC(c4ccn(C)n4)C4(CCC4)C3)nc2c(=O)n1C. The van der Waals surface area contributed by atoms with Gasteiger partial charge < -0.3 is 4.90 Å². The quantitative estimate of drug-likeness (QED) is 0.429. The van der Waals surface area contributed by atoms with Crippen LogP contribution in [0.4, 0.5) is 10.3 Å². The smallest absolute Gasteiger partial charge is 0.279 e. The average Bonchev–Trinajstić information content (AvgIpc) is 3.41. The lowest BCUT2D eigenvalue weighted by molar-refractivity contribution is 0.136. The van der Waals surface area contributed by atoms with Crippen LogP contribution in [0.3, 0.4) is 0 Å². The maximum absolute atomic E-state index is 15.0. The molecule has 180 valence electrons. The fourth-order valence-electron chi connectivity index (χ4n) is 5.54. The van der Waals surface area contributed by atoms with Crippen LogP contribution < -0.4 is 10.5 Å². The summed E-state index contributed by atoms with van der Waals surface area (Å²) in [5.74, 6) is 0.631. The van der Waals surface area contributed by atoms with Crippen LogP contribution in [0.25, 0.3) is 22.3 Å². The first kappa shape index (κ1) is 22.2. The Morgan fingerprint density at radius 3 is 2.57 bits per heavy atom. The second-order valence-electron chi connectivity index (χ2n) is 9.78. The second-order valence-corrected chi connectivity index (χ2v) is 10.2. The van der Waals surface area contributed by atoms with Crippen LogP contribution in [0.1, 0.15) is 36.7 Å². The van der Waals surface area contributed by atoms with Gasteiger partial charge in [-0.3, -0.25) is 14.0 Å². The summed E-state index contributed by atoms with van der Waals surface area (Å²) < 4.78 is 18.3. The number of hydrogen-bond donors (Lipinski definition) is 0. The fraction of sp³-hybridized carbons (Fsp3) is 0.400. The number of rotatable bonds is 3. The van der Waals surface area contributed by atoms with E-state index in [-0.39, 0.29) is 38.5 Å². The number of hydrogen-bond acceptors (Lipinski definition) is 6. The van der Waals surface area contributed by atoms with Gasteiger partial charge in [-0.05, 0) is 49.4 Å². The van der Waals surface area contributed by atoms with E-state index in [1.54, 1.807) is 26.1 Å². The molecule has 0 radical (unpaired) electrons. The molecule has 1 saturated heterocycles. The van der Waals surface area contributed by atoms with Crippen LogP contribution in [0.2, 0.25) is 5.02 Å². The highest BCUT2D eigenvalue weighted by molar-refractivity contribution is 6.30. The number of benzene rings is 1. The van der Waals surface area contributed by atoms with Crippen LogP contribution in [0.5, 0.6) is 0 Å². The van der Waals surface area contributed by atoms with Gasteiger partial charge in [-0.2, -0.15) is 5.10 Å². The van der Waals surface area contributed by atoms with Crippen LogP contribution in [0.15, 0.2) is 35.3 Å². The first-order chi connectivity index (χ1) is 16.8. The van der Waals surface area contributed by atoms with Gasteiger partial charge >= 0.3 is 0 Å². The summed E-state index contributed by atoms with van der Waals surface area (Å²) in [5.41, 5.74) is 1.88. The second kappa shape index (κ2) is 7.84. The van der Waals surface area contributed by atoms with E-state index in [1.807, 2.05) is 17.9 Å². The molecule has 0 bridgehead atoms. The van der Waals surface area contributed by atoms with Crippen molar-refractivity contribution in [2.45, 2.75) is 32.1 Å². The first-order valence-electron chi connectivity index (χ1n) is 11.7. The van der Waals surface area contributed by atoms with Crippen molar-refractivity contribution in [2.75, 3.05) is 18.0 Å². The van der Waals surface area contributed by atoms with Gasteiger partial charge in [0.2, 0.25) is 5.95 Å². The molecule has 0 amide bonds. The summed E-state index contributed by atoms with van der Waals surface area (Å²) in [6.45, 7) is 3.18. The molecule has 8 nitrogen and oxygen atoms in total. The van der Waals surface area contributed by atoms with E-state index in [4.69, 9.17) is 26.7 Å². The molecule has 2 fully saturated rings. The Labute approximate surface area is 206 Å².